The number of hydrogen-bond donors (Lipinski definition) is 2. The van der Waals surface area contributed by atoms with Crippen LogP contribution in [-0.4, -0.2) is 21.9 Å². The fourth-order valence-electron chi connectivity index (χ4n) is 1.10. The van der Waals surface area contributed by atoms with Crippen LogP contribution in [0.1, 0.15) is 53.4 Å². The lowest BCUT2D eigenvalue weighted by Gasteiger charge is -2.13. The zero-order chi connectivity index (χ0) is 14.0. The van der Waals surface area contributed by atoms with Gasteiger partial charge in [-0.25, -0.2) is 0 Å². The van der Waals surface area contributed by atoms with E-state index in [-0.39, 0.29) is 12.0 Å². The molecule has 0 aliphatic carbocycles. The van der Waals surface area contributed by atoms with Gasteiger partial charge in [-0.05, 0) is 26.2 Å². The van der Waals surface area contributed by atoms with Gasteiger partial charge < -0.3 is 10.2 Å². The zero-order valence-electron chi connectivity index (χ0n) is 12.0. The molecule has 0 aromatic carbocycles. The summed E-state index contributed by atoms with van der Waals surface area (Å²) in [5.41, 5.74) is -0.634. The third-order valence-corrected chi connectivity index (χ3v) is 2.48. The molecule has 0 aliphatic heterocycles. The van der Waals surface area contributed by atoms with Crippen LogP contribution in [-0.2, 0) is 0 Å². The first-order chi connectivity index (χ1) is 8.33. The van der Waals surface area contributed by atoms with Crippen LogP contribution >= 0.6 is 0 Å². The summed E-state index contributed by atoms with van der Waals surface area (Å²) in [4.78, 5) is 0. The van der Waals surface area contributed by atoms with Gasteiger partial charge in [-0.2, -0.15) is 0 Å². The quantitative estimate of drug-likeness (QED) is 0.580. The summed E-state index contributed by atoms with van der Waals surface area (Å²) in [6.07, 6.45) is 4.01. The number of unbranched alkanes of at least 4 members (excludes halogenated alkanes) is 1. The second-order valence-corrected chi connectivity index (χ2v) is 5.41. The molecule has 0 rings (SSSR count). The van der Waals surface area contributed by atoms with E-state index in [1.165, 1.54) is 0 Å². The van der Waals surface area contributed by atoms with E-state index in [1.54, 1.807) is 13.8 Å². The summed E-state index contributed by atoms with van der Waals surface area (Å²) in [5.74, 6) is 12.0. The molecule has 0 amide bonds. The number of aliphatic hydroxyl groups is 2. The Kier molecular flexibility index (Phi) is 8.55. The van der Waals surface area contributed by atoms with Gasteiger partial charge in [0.25, 0.3) is 0 Å². The molecule has 0 spiro atoms. The van der Waals surface area contributed by atoms with Crippen molar-refractivity contribution < 1.29 is 10.2 Å². The maximum Gasteiger partial charge on any atom is 0.0672 e. The van der Waals surface area contributed by atoms with Crippen molar-refractivity contribution in [2.24, 2.45) is 5.92 Å². The maximum absolute atomic E-state index is 9.51. The van der Waals surface area contributed by atoms with Crippen molar-refractivity contribution in [3.63, 3.8) is 0 Å². The third kappa shape index (κ3) is 11.5. The summed E-state index contributed by atoms with van der Waals surface area (Å²) in [6, 6.07) is 0. The molecule has 0 aromatic rings. The first-order valence-electron chi connectivity index (χ1n) is 6.49. The van der Waals surface area contributed by atoms with E-state index in [0.717, 1.165) is 0 Å². The molecule has 1 unspecified atom stereocenters. The highest BCUT2D eigenvalue weighted by Crippen LogP contribution is 2.08. The lowest BCUT2D eigenvalue weighted by Crippen LogP contribution is -2.17. The number of hydrogen-bond acceptors (Lipinski definition) is 2. The van der Waals surface area contributed by atoms with Gasteiger partial charge in [-0.3, -0.25) is 0 Å². The summed E-state index contributed by atoms with van der Waals surface area (Å²) < 4.78 is 0. The summed E-state index contributed by atoms with van der Waals surface area (Å²) in [6.45, 7) is 7.52. The molecule has 0 bridgehead atoms. The highest BCUT2D eigenvalue weighted by Gasteiger charge is 2.09. The van der Waals surface area contributed by atoms with Crippen molar-refractivity contribution >= 4 is 0 Å². The predicted octanol–water partition coefficient (Wildman–Crippen LogP) is 2.55. The predicted molar refractivity (Wildman–Crippen MR) is 75.5 cm³/mol. The van der Waals surface area contributed by atoms with Crippen molar-refractivity contribution in [1.29, 1.82) is 0 Å². The average molecular weight is 249 g/mol. The van der Waals surface area contributed by atoms with Crippen molar-refractivity contribution in [3.05, 3.63) is 6.42 Å². The Morgan fingerprint density at radius 3 is 2.39 bits per heavy atom. The minimum atomic E-state index is -0.634. The highest BCUT2D eigenvalue weighted by molar-refractivity contribution is 5.15. The summed E-state index contributed by atoms with van der Waals surface area (Å²) in [5, 5.41) is 19.0. The molecule has 0 saturated heterocycles. The van der Waals surface area contributed by atoms with E-state index in [1.807, 2.05) is 20.3 Å². The Morgan fingerprint density at radius 2 is 1.83 bits per heavy atom. The largest absolute Gasteiger partial charge is 0.392 e. The molecule has 2 nitrogen and oxygen atoms in total. The smallest absolute Gasteiger partial charge is 0.0672 e. The molecule has 0 heterocycles. The summed E-state index contributed by atoms with van der Waals surface area (Å²) in [7, 11) is 0. The van der Waals surface area contributed by atoms with Crippen molar-refractivity contribution in [1.82, 2.24) is 0 Å². The van der Waals surface area contributed by atoms with Gasteiger partial charge in [-0.15, -0.1) is 17.8 Å². The van der Waals surface area contributed by atoms with Crippen LogP contribution in [0.2, 0.25) is 0 Å². The molecule has 1 atom stereocenters. The Labute approximate surface area is 112 Å². The molecule has 0 saturated carbocycles. The van der Waals surface area contributed by atoms with Gasteiger partial charge in [0.05, 0.1) is 11.7 Å². The fourth-order valence-corrected chi connectivity index (χ4v) is 1.10. The van der Waals surface area contributed by atoms with Crippen LogP contribution in [0, 0.1) is 36.0 Å². The van der Waals surface area contributed by atoms with Crippen LogP contribution in [0.25, 0.3) is 0 Å². The first kappa shape index (κ1) is 17.0. The van der Waals surface area contributed by atoms with Crippen LogP contribution in [0.5, 0.6) is 0 Å². The van der Waals surface area contributed by atoms with Crippen molar-refractivity contribution in [3.8, 4) is 23.7 Å². The summed E-state index contributed by atoms with van der Waals surface area (Å²) >= 11 is 0. The van der Waals surface area contributed by atoms with E-state index in [0.29, 0.717) is 25.7 Å². The molecule has 0 fully saturated rings. The van der Waals surface area contributed by atoms with Gasteiger partial charge in [0, 0.05) is 25.7 Å². The van der Waals surface area contributed by atoms with Gasteiger partial charge in [0.1, 0.15) is 0 Å². The standard InChI is InChI=1S/C16H25O2/c1-14(2)15(17)12-10-8-6-5-7-9-11-13-16(3,4)18/h6,14-15,17-18H,5,11-13H2,1-4H3. The average Bonchev–Trinajstić information content (AvgIpc) is 2.24. The van der Waals surface area contributed by atoms with Gasteiger partial charge in [0.15, 0.2) is 0 Å². The Balaban J connectivity index is 3.63. The van der Waals surface area contributed by atoms with Crippen LogP contribution in [0.3, 0.4) is 0 Å². The van der Waals surface area contributed by atoms with Crippen LogP contribution in [0.4, 0.5) is 0 Å². The van der Waals surface area contributed by atoms with Crippen LogP contribution < -0.4 is 0 Å². The SMILES string of the molecule is CC(C)C(O)CC#C[CH]CC#CCCC(C)(C)O. The van der Waals surface area contributed by atoms with Crippen molar-refractivity contribution in [2.45, 2.75) is 65.1 Å². The van der Waals surface area contributed by atoms with Gasteiger partial charge in [-0.1, -0.05) is 19.8 Å². The molecule has 2 heteroatoms. The molecule has 2 N–H and O–H groups in total. The Bertz CT molecular complexity index is 328. The topological polar surface area (TPSA) is 40.5 Å². The Morgan fingerprint density at radius 1 is 1.17 bits per heavy atom. The van der Waals surface area contributed by atoms with Crippen LogP contribution in [0.15, 0.2) is 0 Å². The fraction of sp³-hybridized carbons (Fsp3) is 0.688. The van der Waals surface area contributed by atoms with E-state index < -0.39 is 5.60 Å². The molecule has 101 valence electrons. The van der Waals surface area contributed by atoms with Crippen molar-refractivity contribution in [2.75, 3.05) is 0 Å². The highest BCUT2D eigenvalue weighted by atomic mass is 16.3. The van der Waals surface area contributed by atoms with E-state index in [9.17, 15) is 10.2 Å². The maximum atomic E-state index is 9.51. The number of aliphatic hydroxyl groups excluding tert-OH is 1. The number of rotatable bonds is 5. The molecular formula is C16H25O2. The lowest BCUT2D eigenvalue weighted by atomic mass is 10.0. The molecular weight excluding hydrogens is 224 g/mol. The Hall–Kier alpha value is -0.960. The molecule has 1 radical (unpaired) electrons. The second-order valence-electron chi connectivity index (χ2n) is 5.41. The normalized spacial score (nSPS) is 12.4. The lowest BCUT2D eigenvalue weighted by molar-refractivity contribution is 0.0727. The molecule has 0 aliphatic rings. The van der Waals surface area contributed by atoms with Gasteiger partial charge >= 0.3 is 0 Å². The van der Waals surface area contributed by atoms with E-state index in [4.69, 9.17) is 0 Å². The second kappa shape index (κ2) is 9.03. The zero-order valence-corrected chi connectivity index (χ0v) is 12.0. The van der Waals surface area contributed by atoms with E-state index >= 15 is 0 Å². The van der Waals surface area contributed by atoms with E-state index in [2.05, 4.69) is 23.7 Å². The third-order valence-electron chi connectivity index (χ3n) is 2.48. The monoisotopic (exact) mass is 249 g/mol. The minimum absolute atomic E-state index is 0.251. The molecule has 0 aromatic heterocycles. The van der Waals surface area contributed by atoms with Gasteiger partial charge in [0.2, 0.25) is 0 Å². The first-order valence-corrected chi connectivity index (χ1v) is 6.49. The molecule has 18 heavy (non-hydrogen) atoms. The minimum Gasteiger partial charge on any atom is -0.392 e.